The van der Waals surface area contributed by atoms with Gasteiger partial charge in [-0.3, -0.25) is 4.79 Å². The summed E-state index contributed by atoms with van der Waals surface area (Å²) in [6.07, 6.45) is 0.897. The Hall–Kier alpha value is -2.77. The zero-order valence-corrected chi connectivity index (χ0v) is 14.6. The molecule has 10 heteroatoms. The SMILES string of the molecule is CN1CCC2(C1)CN(C(=O)c1cc(CN=[N+]=[N-])cc(N=[N+]=[N-])c1)CCO2. The minimum Gasteiger partial charge on any atom is -0.370 e. The van der Waals surface area contributed by atoms with Crippen molar-refractivity contribution in [2.24, 2.45) is 10.2 Å². The van der Waals surface area contributed by atoms with Gasteiger partial charge in [0.1, 0.15) is 0 Å². The highest BCUT2D eigenvalue weighted by molar-refractivity contribution is 5.95. The number of azide groups is 2. The van der Waals surface area contributed by atoms with Gasteiger partial charge in [0.25, 0.3) is 5.91 Å². The molecule has 26 heavy (non-hydrogen) atoms. The van der Waals surface area contributed by atoms with E-state index in [1.165, 1.54) is 0 Å². The number of morpholine rings is 1. The minimum absolute atomic E-state index is 0.0867. The highest BCUT2D eigenvalue weighted by Crippen LogP contribution is 2.29. The summed E-state index contributed by atoms with van der Waals surface area (Å²) in [6, 6.07) is 4.85. The number of carbonyl (C=O) groups excluding carboxylic acids is 1. The van der Waals surface area contributed by atoms with Gasteiger partial charge >= 0.3 is 0 Å². The van der Waals surface area contributed by atoms with E-state index in [4.69, 9.17) is 15.8 Å². The standard InChI is InChI=1S/C16H20N8O2/c1-23-3-2-16(10-23)11-24(4-5-26-16)15(25)13-6-12(9-19-21-17)7-14(8-13)20-22-18/h6-8H,2-5,9-11H2,1H3. The number of amides is 1. The van der Waals surface area contributed by atoms with E-state index < -0.39 is 0 Å². The third-order valence-corrected chi connectivity index (χ3v) is 4.74. The molecule has 1 atom stereocenters. The molecule has 1 aromatic rings. The summed E-state index contributed by atoms with van der Waals surface area (Å²) >= 11 is 0. The second-order valence-electron chi connectivity index (χ2n) is 6.71. The van der Waals surface area contributed by atoms with Gasteiger partial charge in [-0.1, -0.05) is 10.2 Å². The zero-order valence-electron chi connectivity index (χ0n) is 14.6. The molecule has 136 valence electrons. The smallest absolute Gasteiger partial charge is 0.254 e. The van der Waals surface area contributed by atoms with E-state index in [0.29, 0.717) is 36.5 Å². The van der Waals surface area contributed by atoms with Crippen molar-refractivity contribution in [2.45, 2.75) is 18.6 Å². The van der Waals surface area contributed by atoms with Gasteiger partial charge in [0.2, 0.25) is 0 Å². The topological polar surface area (TPSA) is 130 Å². The summed E-state index contributed by atoms with van der Waals surface area (Å²) in [6.45, 7) is 3.39. The number of hydrogen-bond donors (Lipinski definition) is 0. The van der Waals surface area contributed by atoms with Crippen LogP contribution in [0.15, 0.2) is 28.4 Å². The molecule has 0 aromatic heterocycles. The van der Waals surface area contributed by atoms with E-state index in [1.54, 1.807) is 23.1 Å². The Morgan fingerprint density at radius 1 is 1.27 bits per heavy atom. The molecule has 1 aromatic carbocycles. The van der Waals surface area contributed by atoms with Crippen LogP contribution in [-0.2, 0) is 11.3 Å². The number of ether oxygens (including phenoxy) is 1. The van der Waals surface area contributed by atoms with Gasteiger partial charge < -0.3 is 14.5 Å². The lowest BCUT2D eigenvalue weighted by atomic mass is 9.99. The molecule has 2 saturated heterocycles. The second kappa shape index (κ2) is 7.63. The highest BCUT2D eigenvalue weighted by Gasteiger charge is 2.42. The lowest BCUT2D eigenvalue weighted by Crippen LogP contribution is -2.54. The molecule has 2 heterocycles. The Morgan fingerprint density at radius 2 is 2.12 bits per heavy atom. The lowest BCUT2D eigenvalue weighted by Gasteiger charge is -2.40. The summed E-state index contributed by atoms with van der Waals surface area (Å²) in [4.78, 5) is 22.5. The van der Waals surface area contributed by atoms with Crippen molar-refractivity contribution >= 4 is 11.6 Å². The van der Waals surface area contributed by atoms with Crippen molar-refractivity contribution in [2.75, 3.05) is 39.8 Å². The van der Waals surface area contributed by atoms with E-state index in [1.807, 2.05) is 7.05 Å². The van der Waals surface area contributed by atoms with Crippen LogP contribution >= 0.6 is 0 Å². The Kier molecular flexibility index (Phi) is 5.29. The minimum atomic E-state index is -0.307. The number of hydrogen-bond acceptors (Lipinski definition) is 5. The number of rotatable bonds is 4. The van der Waals surface area contributed by atoms with Crippen LogP contribution in [0.2, 0.25) is 0 Å². The quantitative estimate of drug-likeness (QED) is 0.467. The number of nitrogens with zero attached hydrogens (tertiary/aromatic N) is 8. The van der Waals surface area contributed by atoms with Gasteiger partial charge in [0, 0.05) is 40.7 Å². The Labute approximate surface area is 150 Å². The van der Waals surface area contributed by atoms with Gasteiger partial charge in [-0.25, -0.2) is 0 Å². The average Bonchev–Trinajstić information content (AvgIpc) is 2.99. The van der Waals surface area contributed by atoms with Gasteiger partial charge in [0.15, 0.2) is 0 Å². The zero-order chi connectivity index (χ0) is 18.6. The van der Waals surface area contributed by atoms with Gasteiger partial charge in [-0.05, 0) is 48.3 Å². The number of likely N-dealkylation sites (tertiary alicyclic amines) is 1. The third-order valence-electron chi connectivity index (χ3n) is 4.74. The summed E-state index contributed by atoms with van der Waals surface area (Å²) < 4.78 is 5.99. The summed E-state index contributed by atoms with van der Waals surface area (Å²) in [5, 5.41) is 7.11. The Bertz CT molecular complexity index is 795. The van der Waals surface area contributed by atoms with Crippen molar-refractivity contribution in [3.05, 3.63) is 50.2 Å². The fraction of sp³-hybridized carbons (Fsp3) is 0.562. The second-order valence-corrected chi connectivity index (χ2v) is 6.71. The molecule has 2 fully saturated rings. The molecule has 0 radical (unpaired) electrons. The number of carbonyl (C=O) groups is 1. The molecule has 0 N–H and O–H groups in total. The number of likely N-dealkylation sites (N-methyl/N-ethyl adjacent to an activating group) is 1. The first kappa shape index (κ1) is 18.0. The van der Waals surface area contributed by atoms with E-state index in [-0.39, 0.29) is 18.1 Å². The number of benzene rings is 1. The molecular formula is C16H20N8O2. The maximum atomic E-state index is 13.0. The average molecular weight is 356 g/mol. The van der Waals surface area contributed by atoms with Crippen LogP contribution in [0, 0.1) is 0 Å². The molecule has 3 rings (SSSR count). The van der Waals surface area contributed by atoms with Crippen molar-refractivity contribution in [3.8, 4) is 0 Å². The van der Waals surface area contributed by atoms with Crippen LogP contribution in [-0.4, -0.2) is 61.1 Å². The monoisotopic (exact) mass is 356 g/mol. The van der Waals surface area contributed by atoms with E-state index in [9.17, 15) is 4.79 Å². The molecule has 2 aliphatic rings. The van der Waals surface area contributed by atoms with E-state index in [0.717, 1.165) is 19.5 Å². The molecule has 0 aliphatic carbocycles. The molecule has 0 saturated carbocycles. The highest BCUT2D eigenvalue weighted by atomic mass is 16.5. The first-order valence-electron chi connectivity index (χ1n) is 8.37. The summed E-state index contributed by atoms with van der Waals surface area (Å²) in [5.41, 5.74) is 18.3. The third kappa shape index (κ3) is 3.89. The van der Waals surface area contributed by atoms with Crippen molar-refractivity contribution in [1.29, 1.82) is 0 Å². The van der Waals surface area contributed by atoms with Crippen LogP contribution in [0.1, 0.15) is 22.3 Å². The van der Waals surface area contributed by atoms with Gasteiger partial charge in [-0.15, -0.1) is 0 Å². The first-order valence-corrected chi connectivity index (χ1v) is 8.37. The van der Waals surface area contributed by atoms with Crippen molar-refractivity contribution < 1.29 is 9.53 Å². The summed E-state index contributed by atoms with van der Waals surface area (Å²) in [5.74, 6) is -0.139. The van der Waals surface area contributed by atoms with Crippen LogP contribution in [0.4, 0.5) is 5.69 Å². The lowest BCUT2D eigenvalue weighted by molar-refractivity contribution is -0.0908. The molecular weight excluding hydrogens is 336 g/mol. The predicted octanol–water partition coefficient (Wildman–Crippen LogP) is 2.99. The molecule has 10 nitrogen and oxygen atoms in total. The van der Waals surface area contributed by atoms with Crippen LogP contribution in [0.25, 0.3) is 20.9 Å². The normalized spacial score (nSPS) is 22.7. The molecule has 1 amide bonds. The van der Waals surface area contributed by atoms with E-state index >= 15 is 0 Å². The van der Waals surface area contributed by atoms with Crippen LogP contribution in [0.5, 0.6) is 0 Å². The first-order chi connectivity index (χ1) is 12.5. The predicted molar refractivity (Wildman–Crippen MR) is 94.8 cm³/mol. The van der Waals surface area contributed by atoms with Gasteiger partial charge in [-0.2, -0.15) is 0 Å². The van der Waals surface area contributed by atoms with Crippen LogP contribution < -0.4 is 0 Å². The maximum Gasteiger partial charge on any atom is 0.254 e. The fourth-order valence-corrected chi connectivity index (χ4v) is 3.60. The van der Waals surface area contributed by atoms with Crippen LogP contribution in [0.3, 0.4) is 0 Å². The molecule has 1 unspecified atom stereocenters. The van der Waals surface area contributed by atoms with Gasteiger partial charge in [0.05, 0.1) is 25.3 Å². The molecule has 2 aliphatic heterocycles. The largest absolute Gasteiger partial charge is 0.370 e. The van der Waals surface area contributed by atoms with E-state index in [2.05, 4.69) is 25.0 Å². The Morgan fingerprint density at radius 3 is 2.81 bits per heavy atom. The van der Waals surface area contributed by atoms with Crippen molar-refractivity contribution in [1.82, 2.24) is 9.80 Å². The Balaban J connectivity index is 1.85. The summed E-state index contributed by atoms with van der Waals surface area (Å²) in [7, 11) is 2.05. The molecule has 0 bridgehead atoms. The fourth-order valence-electron chi connectivity index (χ4n) is 3.60. The van der Waals surface area contributed by atoms with Crippen molar-refractivity contribution in [3.63, 3.8) is 0 Å². The molecule has 1 spiro atoms. The maximum absolute atomic E-state index is 13.0.